The molecule has 0 aromatic heterocycles. The number of carbonyl (C=O) groups excluding carboxylic acids is 2. The topological polar surface area (TPSA) is 43.4 Å². The van der Waals surface area contributed by atoms with Crippen molar-refractivity contribution in [2.75, 3.05) is 6.61 Å². The normalized spacial score (nSPS) is 35.8. The van der Waals surface area contributed by atoms with Crippen molar-refractivity contribution in [3.8, 4) is 0 Å². The Morgan fingerprint density at radius 1 is 1.36 bits per heavy atom. The van der Waals surface area contributed by atoms with Gasteiger partial charge in [0, 0.05) is 11.8 Å². The molecule has 3 atom stereocenters. The summed E-state index contributed by atoms with van der Waals surface area (Å²) in [6.07, 6.45) is 3.43. The molecule has 1 unspecified atom stereocenters. The molecule has 0 aromatic carbocycles. The van der Waals surface area contributed by atoms with Crippen molar-refractivity contribution in [2.45, 2.75) is 32.6 Å². The molecule has 0 aromatic rings. The van der Waals surface area contributed by atoms with Crippen molar-refractivity contribution in [1.82, 2.24) is 0 Å². The Bertz CT molecular complexity index is 243. The van der Waals surface area contributed by atoms with Gasteiger partial charge in [0.2, 0.25) is 0 Å². The molecule has 2 aliphatic rings. The first kappa shape index (κ1) is 9.69. The van der Waals surface area contributed by atoms with E-state index in [1.54, 1.807) is 0 Å². The number of ketones is 1. The van der Waals surface area contributed by atoms with E-state index in [0.717, 1.165) is 25.7 Å². The lowest BCUT2D eigenvalue weighted by Gasteiger charge is -2.24. The maximum atomic E-state index is 11.6. The third-order valence-electron chi connectivity index (χ3n) is 3.43. The molecule has 0 N–H and O–H groups in total. The van der Waals surface area contributed by atoms with Crippen LogP contribution in [0.2, 0.25) is 0 Å². The first-order chi connectivity index (χ1) is 6.72. The van der Waals surface area contributed by atoms with Crippen LogP contribution in [-0.2, 0) is 14.3 Å². The van der Waals surface area contributed by atoms with E-state index >= 15 is 0 Å². The summed E-state index contributed by atoms with van der Waals surface area (Å²) in [5.41, 5.74) is 0. The molecular formula is C11H16O3. The van der Waals surface area contributed by atoms with Crippen LogP contribution in [-0.4, -0.2) is 18.4 Å². The van der Waals surface area contributed by atoms with Crippen LogP contribution in [0.5, 0.6) is 0 Å². The van der Waals surface area contributed by atoms with Crippen molar-refractivity contribution >= 4 is 11.8 Å². The Balaban J connectivity index is 1.99. The monoisotopic (exact) mass is 196 g/mol. The van der Waals surface area contributed by atoms with E-state index in [1.807, 2.05) is 6.92 Å². The number of rotatable bonds is 2. The van der Waals surface area contributed by atoms with Crippen molar-refractivity contribution in [3.63, 3.8) is 0 Å². The minimum atomic E-state index is -0.100. The van der Waals surface area contributed by atoms with E-state index in [0.29, 0.717) is 12.4 Å². The van der Waals surface area contributed by atoms with Crippen molar-refractivity contribution in [2.24, 2.45) is 17.8 Å². The molecule has 3 nitrogen and oxygen atoms in total. The summed E-state index contributed by atoms with van der Waals surface area (Å²) in [6, 6.07) is 0. The molecule has 0 spiro atoms. The lowest BCUT2D eigenvalue weighted by molar-refractivity contribution is -0.150. The van der Waals surface area contributed by atoms with Crippen molar-refractivity contribution < 1.29 is 14.3 Å². The second-order valence-corrected chi connectivity index (χ2v) is 4.29. The second-order valence-electron chi connectivity index (χ2n) is 4.29. The van der Waals surface area contributed by atoms with Gasteiger partial charge < -0.3 is 4.74 Å². The van der Waals surface area contributed by atoms with Crippen LogP contribution < -0.4 is 0 Å². The van der Waals surface area contributed by atoms with E-state index in [1.165, 1.54) is 0 Å². The lowest BCUT2D eigenvalue weighted by atomic mass is 9.80. The van der Waals surface area contributed by atoms with Gasteiger partial charge in [-0.1, -0.05) is 0 Å². The number of Topliss-reactive ketones (excluding diaryl/α,β-unsaturated/α-hetero) is 1. The van der Waals surface area contributed by atoms with Gasteiger partial charge in [0.05, 0.1) is 12.5 Å². The van der Waals surface area contributed by atoms with E-state index in [2.05, 4.69) is 0 Å². The smallest absolute Gasteiger partial charge is 0.308 e. The van der Waals surface area contributed by atoms with Crippen LogP contribution in [0.1, 0.15) is 32.6 Å². The zero-order valence-electron chi connectivity index (χ0n) is 8.49. The fourth-order valence-electron chi connectivity index (χ4n) is 2.72. The molecule has 0 aliphatic heterocycles. The highest BCUT2D eigenvalue weighted by molar-refractivity contribution is 5.88. The molecule has 3 heteroatoms. The van der Waals surface area contributed by atoms with Crippen LogP contribution in [0, 0.1) is 17.8 Å². The fourth-order valence-corrected chi connectivity index (χ4v) is 2.72. The van der Waals surface area contributed by atoms with Gasteiger partial charge in [-0.15, -0.1) is 0 Å². The first-order valence-electron chi connectivity index (χ1n) is 5.42. The third-order valence-corrected chi connectivity index (χ3v) is 3.43. The highest BCUT2D eigenvalue weighted by Crippen LogP contribution is 2.42. The zero-order chi connectivity index (χ0) is 10.1. The van der Waals surface area contributed by atoms with Crippen LogP contribution in [0.15, 0.2) is 0 Å². The number of hydrogen-bond acceptors (Lipinski definition) is 3. The number of esters is 1. The number of ether oxygens (including phenoxy) is 1. The van der Waals surface area contributed by atoms with Gasteiger partial charge in [0.1, 0.15) is 5.78 Å². The van der Waals surface area contributed by atoms with Crippen LogP contribution in [0.25, 0.3) is 0 Å². The standard InChI is InChI=1S/C11H16O3/c1-2-14-11(13)9-5-7-3-4-8(6-9)10(7)12/h7-9H,2-6H2,1H3/t7-,8+,9?. The van der Waals surface area contributed by atoms with E-state index in [9.17, 15) is 9.59 Å². The summed E-state index contributed by atoms with van der Waals surface area (Å²) in [7, 11) is 0. The molecule has 0 radical (unpaired) electrons. The Hall–Kier alpha value is -0.860. The van der Waals surface area contributed by atoms with Crippen LogP contribution in [0.3, 0.4) is 0 Å². The zero-order valence-corrected chi connectivity index (χ0v) is 8.49. The highest BCUT2D eigenvalue weighted by atomic mass is 16.5. The molecule has 2 rings (SSSR count). The van der Waals surface area contributed by atoms with Gasteiger partial charge in [-0.2, -0.15) is 0 Å². The maximum absolute atomic E-state index is 11.6. The number of carbonyl (C=O) groups is 2. The van der Waals surface area contributed by atoms with E-state index in [4.69, 9.17) is 4.74 Å². The van der Waals surface area contributed by atoms with Gasteiger partial charge in [-0.25, -0.2) is 0 Å². The van der Waals surface area contributed by atoms with E-state index < -0.39 is 0 Å². The molecular weight excluding hydrogens is 180 g/mol. The van der Waals surface area contributed by atoms with Gasteiger partial charge >= 0.3 is 5.97 Å². The number of hydrogen-bond donors (Lipinski definition) is 0. The molecule has 2 saturated carbocycles. The van der Waals surface area contributed by atoms with Crippen molar-refractivity contribution in [3.05, 3.63) is 0 Å². The third kappa shape index (κ3) is 1.56. The SMILES string of the molecule is CCOC(=O)C1C[C@H]2CC[C@@H](C1)C2=O. The molecule has 2 fully saturated rings. The summed E-state index contributed by atoms with van der Waals surface area (Å²) in [5, 5.41) is 0. The molecule has 0 amide bonds. The molecule has 2 aliphatic carbocycles. The predicted octanol–water partition coefficient (Wildman–Crippen LogP) is 1.55. The maximum Gasteiger partial charge on any atom is 0.308 e. The van der Waals surface area contributed by atoms with E-state index in [-0.39, 0.29) is 23.7 Å². The molecule has 78 valence electrons. The minimum absolute atomic E-state index is 0.00912. The number of fused-ring (bicyclic) bond motifs is 2. The van der Waals surface area contributed by atoms with Gasteiger partial charge in [0.25, 0.3) is 0 Å². The average Bonchev–Trinajstić information content (AvgIpc) is 2.42. The molecule has 14 heavy (non-hydrogen) atoms. The Labute approximate surface area is 83.8 Å². The summed E-state index contributed by atoms with van der Waals surface area (Å²) < 4.78 is 4.99. The quantitative estimate of drug-likeness (QED) is 0.629. The second kappa shape index (κ2) is 3.71. The van der Waals surface area contributed by atoms with Crippen molar-refractivity contribution in [1.29, 1.82) is 0 Å². The average molecular weight is 196 g/mol. The Kier molecular flexibility index (Phi) is 2.57. The lowest BCUT2D eigenvalue weighted by Crippen LogP contribution is -2.31. The van der Waals surface area contributed by atoms with Crippen LogP contribution >= 0.6 is 0 Å². The summed E-state index contributed by atoms with van der Waals surface area (Å²) in [5.74, 6) is 0.596. The largest absolute Gasteiger partial charge is 0.466 e. The Morgan fingerprint density at radius 2 is 1.93 bits per heavy atom. The van der Waals surface area contributed by atoms with Crippen LogP contribution in [0.4, 0.5) is 0 Å². The van der Waals surface area contributed by atoms with Gasteiger partial charge in [0.15, 0.2) is 0 Å². The molecule has 0 saturated heterocycles. The molecule has 0 heterocycles. The Morgan fingerprint density at radius 3 is 2.43 bits per heavy atom. The highest BCUT2D eigenvalue weighted by Gasteiger charge is 2.43. The predicted molar refractivity (Wildman–Crippen MR) is 50.6 cm³/mol. The van der Waals surface area contributed by atoms with Gasteiger partial charge in [-0.05, 0) is 32.6 Å². The molecule has 2 bridgehead atoms. The summed E-state index contributed by atoms with van der Waals surface area (Å²) in [4.78, 5) is 23.1. The first-order valence-corrected chi connectivity index (χ1v) is 5.42. The summed E-state index contributed by atoms with van der Waals surface area (Å²) in [6.45, 7) is 2.26. The summed E-state index contributed by atoms with van der Waals surface area (Å²) >= 11 is 0. The minimum Gasteiger partial charge on any atom is -0.466 e. The van der Waals surface area contributed by atoms with Gasteiger partial charge in [-0.3, -0.25) is 9.59 Å². The fraction of sp³-hybridized carbons (Fsp3) is 0.818.